The Morgan fingerprint density at radius 3 is 2.50 bits per heavy atom. The lowest BCUT2D eigenvalue weighted by atomic mass is 10.1. The first kappa shape index (κ1) is 15.2. The molecule has 2 aromatic heterocycles. The molecule has 3 aromatic rings. The molecule has 0 spiro atoms. The van der Waals surface area contributed by atoms with Crippen molar-refractivity contribution in [3.05, 3.63) is 52.4 Å². The van der Waals surface area contributed by atoms with Gasteiger partial charge in [-0.2, -0.15) is 0 Å². The molecule has 1 aromatic carbocycles. The van der Waals surface area contributed by atoms with Gasteiger partial charge in [0.25, 0.3) is 0 Å². The summed E-state index contributed by atoms with van der Waals surface area (Å²) in [5.74, 6) is 0. The zero-order valence-corrected chi connectivity index (χ0v) is 14.9. The molecule has 0 aliphatic rings. The monoisotopic (exact) mass is 378 g/mol. The summed E-state index contributed by atoms with van der Waals surface area (Å²) < 4.78 is 28.6. The van der Waals surface area contributed by atoms with Gasteiger partial charge in [-0.1, -0.05) is 12.1 Å². The van der Waals surface area contributed by atoms with Gasteiger partial charge in [-0.25, -0.2) is 13.4 Å². The molecule has 0 unspecified atom stereocenters. The zero-order chi connectivity index (χ0) is 16.1. The Hall–Kier alpha value is -1.66. The van der Waals surface area contributed by atoms with Crippen LogP contribution < -0.4 is 0 Å². The summed E-state index contributed by atoms with van der Waals surface area (Å²) in [6.45, 7) is 3.63. The van der Waals surface area contributed by atoms with Crippen molar-refractivity contribution in [2.24, 2.45) is 7.05 Å². The molecule has 0 bridgehead atoms. The van der Waals surface area contributed by atoms with Crippen LogP contribution in [0.2, 0.25) is 0 Å². The minimum Gasteiger partial charge on any atom is -0.349 e. The summed E-state index contributed by atoms with van der Waals surface area (Å²) in [6, 6.07) is 9.03. The summed E-state index contributed by atoms with van der Waals surface area (Å²) in [7, 11) is -1.76. The minimum absolute atomic E-state index is 0.242. The number of hydrogen-bond acceptors (Lipinski definition) is 3. The van der Waals surface area contributed by atoms with E-state index in [0.717, 1.165) is 16.5 Å². The van der Waals surface area contributed by atoms with Gasteiger partial charge in [-0.15, -0.1) is 0 Å². The lowest BCUT2D eigenvalue weighted by Gasteiger charge is -2.07. The maximum atomic E-state index is 13.1. The van der Waals surface area contributed by atoms with Crippen molar-refractivity contribution < 1.29 is 8.42 Å². The molecule has 0 saturated carbocycles. The Labute approximate surface area is 137 Å². The van der Waals surface area contributed by atoms with E-state index in [0.29, 0.717) is 15.2 Å². The van der Waals surface area contributed by atoms with E-state index in [1.807, 2.05) is 36.7 Å². The molecule has 0 N–H and O–H groups in total. The van der Waals surface area contributed by atoms with Crippen molar-refractivity contribution in [1.82, 2.24) is 9.55 Å². The van der Waals surface area contributed by atoms with Gasteiger partial charge in [0.05, 0.1) is 15.5 Å². The average Bonchev–Trinajstić information content (AvgIpc) is 2.78. The molecule has 0 aliphatic carbocycles. The van der Waals surface area contributed by atoms with Crippen molar-refractivity contribution >= 4 is 36.7 Å². The summed E-state index contributed by atoms with van der Waals surface area (Å²) in [5.41, 5.74) is 2.33. The van der Waals surface area contributed by atoms with Crippen LogP contribution >= 0.6 is 15.9 Å². The number of nitrogens with zero attached hydrogens (tertiary/aromatic N) is 2. The highest BCUT2D eigenvalue weighted by Gasteiger charge is 2.25. The molecule has 0 atom stereocenters. The largest absolute Gasteiger partial charge is 0.349 e. The molecule has 22 heavy (non-hydrogen) atoms. The van der Waals surface area contributed by atoms with Crippen molar-refractivity contribution in [3.8, 4) is 0 Å². The lowest BCUT2D eigenvalue weighted by molar-refractivity contribution is 0.595. The van der Waals surface area contributed by atoms with E-state index in [2.05, 4.69) is 20.9 Å². The third kappa shape index (κ3) is 2.27. The molecule has 2 heterocycles. The molecular weight excluding hydrogens is 364 g/mol. The Balaban J connectivity index is 2.35. The lowest BCUT2D eigenvalue weighted by Crippen LogP contribution is -2.05. The van der Waals surface area contributed by atoms with Gasteiger partial charge in [0, 0.05) is 24.1 Å². The first-order valence-corrected chi connectivity index (χ1v) is 9.03. The fourth-order valence-electron chi connectivity index (χ4n) is 2.70. The minimum atomic E-state index is -3.62. The van der Waals surface area contributed by atoms with Gasteiger partial charge in [0.1, 0.15) is 4.60 Å². The highest BCUT2D eigenvalue weighted by atomic mass is 79.9. The molecule has 0 saturated heterocycles. The first-order valence-electron chi connectivity index (χ1n) is 6.75. The number of halogens is 1. The van der Waals surface area contributed by atoms with Gasteiger partial charge < -0.3 is 4.57 Å². The van der Waals surface area contributed by atoms with Gasteiger partial charge in [-0.3, -0.25) is 0 Å². The fraction of sp³-hybridized carbons (Fsp3) is 0.188. The van der Waals surface area contributed by atoms with Crippen molar-refractivity contribution in [2.75, 3.05) is 0 Å². The molecule has 0 aliphatic heterocycles. The predicted molar refractivity (Wildman–Crippen MR) is 89.8 cm³/mol. The van der Waals surface area contributed by atoms with Crippen LogP contribution in [0.5, 0.6) is 0 Å². The quantitative estimate of drug-likeness (QED) is 0.637. The topological polar surface area (TPSA) is 52.0 Å². The van der Waals surface area contributed by atoms with Gasteiger partial charge in [0.15, 0.2) is 0 Å². The molecule has 0 radical (unpaired) electrons. The van der Waals surface area contributed by atoms with E-state index in [4.69, 9.17) is 0 Å². The number of aryl methyl sites for hydroxylation is 3. The van der Waals surface area contributed by atoms with E-state index in [1.54, 1.807) is 25.3 Å². The Morgan fingerprint density at radius 1 is 1.09 bits per heavy atom. The van der Waals surface area contributed by atoms with E-state index < -0.39 is 9.84 Å². The van der Waals surface area contributed by atoms with Crippen LogP contribution in [0.1, 0.15) is 11.3 Å². The highest BCUT2D eigenvalue weighted by molar-refractivity contribution is 9.10. The van der Waals surface area contributed by atoms with E-state index in [1.165, 1.54) is 0 Å². The van der Waals surface area contributed by atoms with E-state index in [9.17, 15) is 8.42 Å². The predicted octanol–water partition coefficient (Wildman–Crippen LogP) is 3.79. The summed E-state index contributed by atoms with van der Waals surface area (Å²) in [6.07, 6.45) is 1.68. The number of pyridine rings is 1. The van der Waals surface area contributed by atoms with Gasteiger partial charge in [0.2, 0.25) is 9.84 Å². The fourth-order valence-corrected chi connectivity index (χ4v) is 4.85. The van der Waals surface area contributed by atoms with E-state index in [-0.39, 0.29) is 4.90 Å². The van der Waals surface area contributed by atoms with Gasteiger partial charge >= 0.3 is 0 Å². The van der Waals surface area contributed by atoms with Crippen LogP contribution in [0.25, 0.3) is 10.9 Å². The third-order valence-electron chi connectivity index (χ3n) is 3.77. The number of hydrogen-bond donors (Lipinski definition) is 0. The Bertz CT molecular complexity index is 991. The maximum absolute atomic E-state index is 13.1. The van der Waals surface area contributed by atoms with Crippen molar-refractivity contribution in [3.63, 3.8) is 0 Å². The normalized spacial score (nSPS) is 12.0. The van der Waals surface area contributed by atoms with Crippen molar-refractivity contribution in [2.45, 2.75) is 23.6 Å². The second kappa shape index (κ2) is 5.21. The third-order valence-corrected chi connectivity index (χ3v) is 6.11. The number of benzene rings is 1. The van der Waals surface area contributed by atoms with Crippen LogP contribution in [0, 0.1) is 13.8 Å². The van der Waals surface area contributed by atoms with Crippen LogP contribution in [0.15, 0.2) is 50.9 Å². The number of rotatable bonds is 2. The second-order valence-corrected chi connectivity index (χ2v) is 7.99. The van der Waals surface area contributed by atoms with Crippen molar-refractivity contribution in [1.29, 1.82) is 0 Å². The molecule has 4 nitrogen and oxygen atoms in total. The molecular formula is C16H15BrN2O2S. The molecule has 6 heteroatoms. The Morgan fingerprint density at radius 2 is 1.82 bits per heavy atom. The van der Waals surface area contributed by atoms with Crippen LogP contribution in [0.3, 0.4) is 0 Å². The molecule has 3 rings (SSSR count). The summed E-state index contributed by atoms with van der Waals surface area (Å²) >= 11 is 3.26. The maximum Gasteiger partial charge on any atom is 0.210 e. The number of aromatic nitrogens is 2. The summed E-state index contributed by atoms with van der Waals surface area (Å²) in [5, 5.41) is 0.771. The first-order chi connectivity index (χ1) is 10.3. The van der Waals surface area contributed by atoms with Crippen LogP contribution in [0.4, 0.5) is 0 Å². The second-order valence-electron chi connectivity index (χ2n) is 5.29. The van der Waals surface area contributed by atoms with Crippen LogP contribution in [-0.4, -0.2) is 18.0 Å². The molecule has 114 valence electrons. The number of sulfone groups is 1. The molecule has 0 fully saturated rings. The average molecular weight is 379 g/mol. The van der Waals surface area contributed by atoms with E-state index >= 15 is 0 Å². The highest BCUT2D eigenvalue weighted by Crippen LogP contribution is 2.33. The van der Waals surface area contributed by atoms with Gasteiger partial charge in [-0.05, 0) is 53.5 Å². The molecule has 0 amide bonds. The summed E-state index contributed by atoms with van der Waals surface area (Å²) in [4.78, 5) is 4.78. The van der Waals surface area contributed by atoms with Crippen LogP contribution in [-0.2, 0) is 16.9 Å². The zero-order valence-electron chi connectivity index (χ0n) is 12.5. The smallest absolute Gasteiger partial charge is 0.210 e. The SMILES string of the molecule is Cc1nc(Br)ccc1S(=O)(=O)c1cn(C)c2cccc(C)c12. The number of fused-ring (bicyclic) bond motifs is 1. The Kier molecular flexibility index (Phi) is 3.61. The standard InChI is InChI=1S/C16H15BrN2O2S/c1-10-5-4-6-12-16(10)14(9-19(12)3)22(20,21)13-7-8-15(17)18-11(13)2/h4-9H,1-3H3.